The van der Waals surface area contributed by atoms with E-state index in [1.54, 1.807) is 0 Å². The molecule has 0 saturated heterocycles. The predicted molar refractivity (Wildman–Crippen MR) is 72.4 cm³/mol. The van der Waals surface area contributed by atoms with Crippen molar-refractivity contribution < 1.29 is 10.0 Å². The van der Waals surface area contributed by atoms with Gasteiger partial charge >= 0.3 is 0 Å². The summed E-state index contributed by atoms with van der Waals surface area (Å²) in [6.07, 6.45) is 0. The fourth-order valence-electron chi connectivity index (χ4n) is 1.54. The molecule has 0 unspecified atom stereocenters. The zero-order valence-electron chi connectivity index (χ0n) is 9.15. The van der Waals surface area contributed by atoms with Crippen LogP contribution in [0.4, 0.5) is 5.69 Å². The molecule has 0 aliphatic heterocycles. The number of hydrogen-bond acceptors (Lipinski definition) is 5. The highest BCUT2D eigenvalue weighted by atomic mass is 35.5. The van der Waals surface area contributed by atoms with E-state index >= 15 is 0 Å². The van der Waals surface area contributed by atoms with Crippen LogP contribution in [0.1, 0.15) is 17.2 Å². The number of phenols is 1. The molecule has 0 spiro atoms. The van der Waals surface area contributed by atoms with Crippen molar-refractivity contribution in [3.8, 4) is 5.75 Å². The molecule has 0 saturated carbocycles. The first-order valence-electron chi connectivity index (χ1n) is 4.84. The van der Waals surface area contributed by atoms with Crippen molar-refractivity contribution in [1.29, 1.82) is 0 Å². The van der Waals surface area contributed by atoms with Crippen LogP contribution < -0.4 is 5.73 Å². The lowest BCUT2D eigenvalue weighted by molar-refractivity contribution is -0.384. The maximum atomic E-state index is 10.7. The van der Waals surface area contributed by atoms with Gasteiger partial charge in [-0.05, 0) is 28.5 Å². The lowest BCUT2D eigenvalue weighted by Crippen LogP contribution is -2.11. The van der Waals surface area contributed by atoms with Crippen LogP contribution >= 0.6 is 23.7 Å². The Morgan fingerprint density at radius 1 is 1.39 bits per heavy atom. The van der Waals surface area contributed by atoms with Crippen molar-refractivity contribution in [1.82, 2.24) is 0 Å². The first kappa shape index (κ1) is 14.4. The maximum absolute atomic E-state index is 10.7. The highest BCUT2D eigenvalue weighted by Crippen LogP contribution is 2.31. The standard InChI is InChI=1S/C11H10N2O3S.ClH/c12-11(7-3-4-17-6-7)9-5-8(13(15)16)1-2-10(9)14;/h1-6,11,14H,12H2;1H/t11-;/m0./s1. The third-order valence-corrected chi connectivity index (χ3v) is 3.16. The van der Waals surface area contributed by atoms with Crippen LogP contribution in [0.15, 0.2) is 35.0 Å². The van der Waals surface area contributed by atoms with Crippen molar-refractivity contribution in [2.75, 3.05) is 0 Å². The first-order chi connectivity index (χ1) is 8.09. The lowest BCUT2D eigenvalue weighted by atomic mass is 10.0. The fraction of sp³-hybridized carbons (Fsp3) is 0.0909. The monoisotopic (exact) mass is 286 g/mol. The summed E-state index contributed by atoms with van der Waals surface area (Å²) in [4.78, 5) is 10.1. The summed E-state index contributed by atoms with van der Waals surface area (Å²) in [5.74, 6) is -0.0331. The molecule has 5 nitrogen and oxygen atoms in total. The molecule has 2 aromatic rings. The lowest BCUT2D eigenvalue weighted by Gasteiger charge is -2.11. The van der Waals surface area contributed by atoms with Gasteiger partial charge in [0.1, 0.15) is 5.75 Å². The van der Waals surface area contributed by atoms with Gasteiger partial charge in [-0.2, -0.15) is 11.3 Å². The van der Waals surface area contributed by atoms with Gasteiger partial charge < -0.3 is 10.8 Å². The molecule has 18 heavy (non-hydrogen) atoms. The minimum absolute atomic E-state index is 0. The Bertz CT molecular complexity index is 545. The quantitative estimate of drug-likeness (QED) is 0.670. The molecule has 7 heteroatoms. The summed E-state index contributed by atoms with van der Waals surface area (Å²) in [7, 11) is 0. The highest BCUT2D eigenvalue weighted by molar-refractivity contribution is 7.08. The van der Waals surface area contributed by atoms with Gasteiger partial charge in [-0.15, -0.1) is 12.4 Å². The summed E-state index contributed by atoms with van der Waals surface area (Å²) >= 11 is 1.48. The number of aromatic hydroxyl groups is 1. The smallest absolute Gasteiger partial charge is 0.270 e. The average Bonchev–Trinajstić information content (AvgIpc) is 2.81. The number of benzene rings is 1. The number of rotatable bonds is 3. The van der Waals surface area contributed by atoms with Gasteiger partial charge in [-0.25, -0.2) is 0 Å². The van der Waals surface area contributed by atoms with Crippen LogP contribution in [0, 0.1) is 10.1 Å². The van der Waals surface area contributed by atoms with E-state index in [1.807, 2.05) is 16.8 Å². The Labute approximate surface area is 113 Å². The molecule has 0 aliphatic carbocycles. The molecule has 0 bridgehead atoms. The molecule has 1 aromatic carbocycles. The minimum Gasteiger partial charge on any atom is -0.508 e. The molecular formula is C11H11ClN2O3S. The second-order valence-electron chi connectivity index (χ2n) is 3.53. The third-order valence-electron chi connectivity index (χ3n) is 2.46. The fourth-order valence-corrected chi connectivity index (χ4v) is 2.23. The predicted octanol–water partition coefficient (Wildman–Crippen LogP) is 2.83. The van der Waals surface area contributed by atoms with Crippen LogP contribution in [0.3, 0.4) is 0 Å². The number of phenolic OH excluding ortho intramolecular Hbond substituents is 1. The van der Waals surface area contributed by atoms with E-state index in [2.05, 4.69) is 0 Å². The Kier molecular flexibility index (Phi) is 4.66. The Morgan fingerprint density at radius 2 is 2.11 bits per heavy atom. The summed E-state index contributed by atoms with van der Waals surface area (Å²) in [5.41, 5.74) is 7.06. The second kappa shape index (κ2) is 5.81. The third kappa shape index (κ3) is 2.79. The second-order valence-corrected chi connectivity index (χ2v) is 4.31. The highest BCUT2D eigenvalue weighted by Gasteiger charge is 2.17. The molecule has 1 heterocycles. The minimum atomic E-state index is -0.554. The van der Waals surface area contributed by atoms with Crippen molar-refractivity contribution in [2.45, 2.75) is 6.04 Å². The van der Waals surface area contributed by atoms with Crippen molar-refractivity contribution >= 4 is 29.4 Å². The Balaban J connectivity index is 0.00000162. The van der Waals surface area contributed by atoms with Gasteiger partial charge in [0.25, 0.3) is 5.69 Å². The molecule has 0 amide bonds. The molecule has 0 radical (unpaired) electrons. The van der Waals surface area contributed by atoms with E-state index in [1.165, 1.54) is 29.5 Å². The Morgan fingerprint density at radius 3 is 2.67 bits per heavy atom. The van der Waals surface area contributed by atoms with Crippen LogP contribution in [0.2, 0.25) is 0 Å². The topological polar surface area (TPSA) is 89.4 Å². The SMILES string of the molecule is Cl.N[C@@H](c1ccsc1)c1cc([N+](=O)[O-])ccc1O. The molecular weight excluding hydrogens is 276 g/mol. The van der Waals surface area contributed by atoms with Gasteiger partial charge in [-0.3, -0.25) is 10.1 Å². The van der Waals surface area contributed by atoms with Gasteiger partial charge in [0.05, 0.1) is 11.0 Å². The molecule has 2 rings (SSSR count). The number of thiophene rings is 1. The van der Waals surface area contributed by atoms with Gasteiger partial charge in [-0.1, -0.05) is 0 Å². The number of nitrogens with zero attached hydrogens (tertiary/aromatic N) is 1. The van der Waals surface area contributed by atoms with Crippen LogP contribution in [0.25, 0.3) is 0 Å². The van der Waals surface area contributed by atoms with E-state index < -0.39 is 11.0 Å². The molecule has 3 N–H and O–H groups in total. The molecule has 1 aromatic heterocycles. The van der Waals surface area contributed by atoms with Gasteiger partial charge in [0.2, 0.25) is 0 Å². The van der Waals surface area contributed by atoms with E-state index in [9.17, 15) is 15.2 Å². The summed E-state index contributed by atoms with van der Waals surface area (Å²) in [6, 6.07) is 5.12. The normalized spacial score (nSPS) is 11.6. The summed E-state index contributed by atoms with van der Waals surface area (Å²) in [5, 5.41) is 24.1. The van der Waals surface area contributed by atoms with Crippen LogP contribution in [-0.2, 0) is 0 Å². The van der Waals surface area contributed by atoms with E-state index in [0.717, 1.165) is 5.56 Å². The molecule has 0 aliphatic rings. The maximum Gasteiger partial charge on any atom is 0.270 e. The van der Waals surface area contributed by atoms with Crippen LogP contribution in [-0.4, -0.2) is 10.0 Å². The first-order valence-corrected chi connectivity index (χ1v) is 5.79. The number of nitrogens with two attached hydrogens (primary N) is 1. The molecule has 96 valence electrons. The Hall–Kier alpha value is -1.63. The summed E-state index contributed by atoms with van der Waals surface area (Å²) in [6.45, 7) is 0. The number of nitro benzene ring substituents is 1. The van der Waals surface area contributed by atoms with Crippen LogP contribution in [0.5, 0.6) is 5.75 Å². The molecule has 0 fully saturated rings. The van der Waals surface area contributed by atoms with Gasteiger partial charge in [0.15, 0.2) is 0 Å². The van der Waals surface area contributed by atoms with Crippen molar-refractivity contribution in [3.63, 3.8) is 0 Å². The summed E-state index contributed by atoms with van der Waals surface area (Å²) < 4.78 is 0. The van der Waals surface area contributed by atoms with E-state index in [4.69, 9.17) is 5.73 Å². The number of hydrogen-bond donors (Lipinski definition) is 2. The van der Waals surface area contributed by atoms with Crippen molar-refractivity contribution in [2.24, 2.45) is 5.73 Å². The average molecular weight is 287 g/mol. The van der Waals surface area contributed by atoms with E-state index in [0.29, 0.717) is 5.56 Å². The van der Waals surface area contributed by atoms with Gasteiger partial charge in [0, 0.05) is 17.7 Å². The van der Waals surface area contributed by atoms with Crippen molar-refractivity contribution in [3.05, 3.63) is 56.3 Å². The number of non-ortho nitro benzene ring substituents is 1. The number of nitro groups is 1. The molecule has 1 atom stereocenters. The largest absolute Gasteiger partial charge is 0.508 e. The zero-order chi connectivity index (χ0) is 12.4. The van der Waals surface area contributed by atoms with E-state index in [-0.39, 0.29) is 23.8 Å². The number of halogens is 1. The zero-order valence-corrected chi connectivity index (χ0v) is 10.8.